The number of thiazole rings is 1. The van der Waals surface area contributed by atoms with Gasteiger partial charge in [0.1, 0.15) is 28.2 Å². The lowest BCUT2D eigenvalue weighted by atomic mass is 10.2. The van der Waals surface area contributed by atoms with Crippen LogP contribution in [-0.4, -0.2) is 44.2 Å². The molecule has 8 heteroatoms. The zero-order valence-corrected chi connectivity index (χ0v) is 17.4. The number of anilines is 3. The summed E-state index contributed by atoms with van der Waals surface area (Å²) >= 11 is 1.59. The van der Waals surface area contributed by atoms with Crippen molar-refractivity contribution in [1.29, 1.82) is 0 Å². The first-order valence-electron chi connectivity index (χ1n) is 10.0. The van der Waals surface area contributed by atoms with Gasteiger partial charge in [0.2, 0.25) is 0 Å². The van der Waals surface area contributed by atoms with Crippen molar-refractivity contribution in [2.45, 2.75) is 25.8 Å². The number of hydrogen-bond acceptors (Lipinski definition) is 8. The van der Waals surface area contributed by atoms with E-state index in [1.165, 1.54) is 0 Å². The quantitative estimate of drug-likeness (QED) is 0.503. The van der Waals surface area contributed by atoms with Crippen LogP contribution < -0.4 is 10.2 Å². The number of fused-ring (bicyclic) bond motifs is 1. The fourth-order valence-corrected chi connectivity index (χ4v) is 4.80. The average Bonchev–Trinajstić information content (AvgIpc) is 3.41. The lowest BCUT2D eigenvalue weighted by molar-refractivity contribution is 0.266. The fraction of sp³-hybridized carbons (Fsp3) is 0.273. The minimum atomic E-state index is 0.144. The van der Waals surface area contributed by atoms with Gasteiger partial charge in [-0.15, -0.1) is 11.3 Å². The number of pyridine rings is 3. The summed E-state index contributed by atoms with van der Waals surface area (Å²) in [6.07, 6.45) is 5.70. The molecule has 30 heavy (non-hydrogen) atoms. The van der Waals surface area contributed by atoms with E-state index in [1.54, 1.807) is 17.5 Å². The predicted octanol–water partition coefficient (Wildman–Crippen LogP) is 4.16. The lowest BCUT2D eigenvalue weighted by Crippen LogP contribution is -2.32. The number of nitrogens with one attached hydrogen (secondary N) is 1. The van der Waals surface area contributed by atoms with Crippen molar-refractivity contribution < 1.29 is 5.11 Å². The van der Waals surface area contributed by atoms with Crippen LogP contribution in [-0.2, 0) is 0 Å². The van der Waals surface area contributed by atoms with Crippen molar-refractivity contribution >= 4 is 39.0 Å². The highest BCUT2D eigenvalue weighted by atomic mass is 32.1. The van der Waals surface area contributed by atoms with Crippen molar-refractivity contribution in [3.63, 3.8) is 0 Å². The number of aliphatic hydroxyl groups excluding tert-OH is 1. The number of aliphatic hydroxyl groups is 1. The van der Waals surface area contributed by atoms with Gasteiger partial charge in [0.05, 0.1) is 22.9 Å². The van der Waals surface area contributed by atoms with Gasteiger partial charge in [-0.2, -0.15) is 0 Å². The van der Waals surface area contributed by atoms with Gasteiger partial charge in [-0.05, 0) is 43.5 Å². The van der Waals surface area contributed by atoms with Gasteiger partial charge in [-0.3, -0.25) is 4.98 Å². The van der Waals surface area contributed by atoms with Crippen LogP contribution in [0.25, 0.3) is 20.9 Å². The maximum Gasteiger partial charge on any atom is 0.143 e. The fourth-order valence-electron chi connectivity index (χ4n) is 3.83. The highest BCUT2D eigenvalue weighted by molar-refractivity contribution is 7.21. The molecule has 1 aliphatic heterocycles. The molecule has 4 aromatic heterocycles. The van der Waals surface area contributed by atoms with Gasteiger partial charge in [0.25, 0.3) is 0 Å². The van der Waals surface area contributed by atoms with Crippen LogP contribution in [0.2, 0.25) is 0 Å². The largest absolute Gasteiger partial charge is 0.394 e. The predicted molar refractivity (Wildman–Crippen MR) is 120 cm³/mol. The summed E-state index contributed by atoms with van der Waals surface area (Å²) in [5.74, 6) is 2.29. The third-order valence-corrected chi connectivity index (χ3v) is 6.37. The molecule has 1 atom stereocenters. The third-order valence-electron chi connectivity index (χ3n) is 5.36. The minimum Gasteiger partial charge on any atom is -0.394 e. The van der Waals surface area contributed by atoms with Crippen LogP contribution >= 0.6 is 11.3 Å². The number of hydrogen-bond donors (Lipinski definition) is 2. The van der Waals surface area contributed by atoms with E-state index in [0.717, 1.165) is 57.5 Å². The molecule has 1 fully saturated rings. The number of rotatable bonds is 5. The summed E-state index contributed by atoms with van der Waals surface area (Å²) in [6, 6.07) is 11.9. The van der Waals surface area contributed by atoms with Crippen molar-refractivity contribution in [3.05, 3.63) is 54.4 Å². The standard InChI is InChI=1S/C22H22N6OS/c1-14-5-3-9-23-21(14)22-25-16-11-19(24-12-17(16)30-22)26-18-7-2-8-20(27-18)28-10-4-6-15(28)13-29/h2-3,5,7-9,11-12,15,29H,4,6,10,13H2,1H3,(H,24,26,27). The van der Waals surface area contributed by atoms with Crippen LogP contribution in [0, 0.1) is 6.92 Å². The summed E-state index contributed by atoms with van der Waals surface area (Å²) in [7, 11) is 0. The summed E-state index contributed by atoms with van der Waals surface area (Å²) in [6.45, 7) is 3.11. The maximum atomic E-state index is 9.60. The molecule has 5 heterocycles. The summed E-state index contributed by atoms with van der Waals surface area (Å²) in [5.41, 5.74) is 2.90. The molecule has 0 amide bonds. The summed E-state index contributed by atoms with van der Waals surface area (Å²) in [4.78, 5) is 20.7. The van der Waals surface area contributed by atoms with Crippen LogP contribution in [0.4, 0.5) is 17.5 Å². The van der Waals surface area contributed by atoms with Gasteiger partial charge in [-0.25, -0.2) is 15.0 Å². The first-order chi connectivity index (χ1) is 14.7. The minimum absolute atomic E-state index is 0.144. The first-order valence-corrected chi connectivity index (χ1v) is 10.8. The molecule has 5 rings (SSSR count). The molecular formula is C22H22N6OS. The molecule has 7 nitrogen and oxygen atoms in total. The van der Waals surface area contributed by atoms with Gasteiger partial charge in [-0.1, -0.05) is 12.1 Å². The second-order valence-electron chi connectivity index (χ2n) is 7.40. The molecule has 4 aromatic rings. The van der Waals surface area contributed by atoms with E-state index in [-0.39, 0.29) is 12.6 Å². The highest BCUT2D eigenvalue weighted by Gasteiger charge is 2.24. The van der Waals surface area contributed by atoms with Gasteiger partial charge < -0.3 is 15.3 Å². The molecule has 0 spiro atoms. The Bertz CT molecular complexity index is 1190. The molecule has 1 aliphatic rings. The Morgan fingerprint density at radius 3 is 2.97 bits per heavy atom. The Labute approximate surface area is 178 Å². The molecule has 152 valence electrons. The summed E-state index contributed by atoms with van der Waals surface area (Å²) < 4.78 is 1.02. The molecule has 0 saturated carbocycles. The van der Waals surface area contributed by atoms with Crippen LogP contribution in [0.5, 0.6) is 0 Å². The van der Waals surface area contributed by atoms with Crippen molar-refractivity contribution in [2.75, 3.05) is 23.4 Å². The Kier molecular flexibility index (Phi) is 5.02. The zero-order valence-electron chi connectivity index (χ0n) is 16.6. The molecule has 2 N–H and O–H groups in total. The van der Waals surface area contributed by atoms with E-state index < -0.39 is 0 Å². The van der Waals surface area contributed by atoms with E-state index in [0.29, 0.717) is 5.82 Å². The molecule has 1 saturated heterocycles. The smallest absolute Gasteiger partial charge is 0.143 e. The van der Waals surface area contributed by atoms with Crippen molar-refractivity contribution in [3.8, 4) is 10.7 Å². The third kappa shape index (κ3) is 3.59. The Morgan fingerprint density at radius 1 is 1.17 bits per heavy atom. The second-order valence-corrected chi connectivity index (χ2v) is 8.43. The van der Waals surface area contributed by atoms with E-state index >= 15 is 0 Å². The van der Waals surface area contributed by atoms with Crippen LogP contribution in [0.3, 0.4) is 0 Å². The molecule has 0 aromatic carbocycles. The zero-order chi connectivity index (χ0) is 20.5. The number of aromatic nitrogens is 4. The van der Waals surface area contributed by atoms with Crippen molar-refractivity contribution in [1.82, 2.24) is 19.9 Å². The van der Waals surface area contributed by atoms with Gasteiger partial charge in [0, 0.05) is 25.0 Å². The van der Waals surface area contributed by atoms with Crippen LogP contribution in [0.1, 0.15) is 18.4 Å². The molecular weight excluding hydrogens is 396 g/mol. The van der Waals surface area contributed by atoms with E-state index in [9.17, 15) is 5.11 Å². The van der Waals surface area contributed by atoms with Gasteiger partial charge in [0.15, 0.2) is 0 Å². The number of nitrogens with zero attached hydrogens (tertiary/aromatic N) is 5. The Hall–Kier alpha value is -3.10. The Balaban J connectivity index is 1.41. The lowest BCUT2D eigenvalue weighted by Gasteiger charge is -2.24. The maximum absolute atomic E-state index is 9.60. The van der Waals surface area contributed by atoms with E-state index in [2.05, 4.69) is 20.2 Å². The van der Waals surface area contributed by atoms with Crippen molar-refractivity contribution in [2.24, 2.45) is 0 Å². The molecule has 0 radical (unpaired) electrons. The average molecular weight is 419 g/mol. The van der Waals surface area contributed by atoms with E-state index in [4.69, 9.17) is 9.97 Å². The second kappa shape index (κ2) is 7.97. The van der Waals surface area contributed by atoms with Gasteiger partial charge >= 0.3 is 0 Å². The molecule has 0 aliphatic carbocycles. The monoisotopic (exact) mass is 418 g/mol. The Morgan fingerprint density at radius 2 is 2.10 bits per heavy atom. The highest BCUT2D eigenvalue weighted by Crippen LogP contribution is 2.32. The summed E-state index contributed by atoms with van der Waals surface area (Å²) in [5, 5.41) is 13.8. The van der Waals surface area contributed by atoms with E-state index in [1.807, 2.05) is 49.5 Å². The molecule has 1 unspecified atom stereocenters. The van der Waals surface area contributed by atoms with Crippen LogP contribution in [0.15, 0.2) is 48.8 Å². The normalized spacial score (nSPS) is 16.3. The number of aryl methyl sites for hydroxylation is 1. The topological polar surface area (TPSA) is 87.1 Å². The SMILES string of the molecule is Cc1cccnc1-c1nc2cc(Nc3cccc(N4CCCC4CO)n3)ncc2s1. The first kappa shape index (κ1) is 18.9. The molecule has 0 bridgehead atoms.